The van der Waals surface area contributed by atoms with Crippen molar-refractivity contribution < 1.29 is 8.42 Å². The molecule has 1 atom stereocenters. The van der Waals surface area contributed by atoms with Crippen LogP contribution in [0.5, 0.6) is 0 Å². The van der Waals surface area contributed by atoms with Crippen molar-refractivity contribution in [2.45, 2.75) is 10.9 Å². The number of primary sulfonamides is 1. The summed E-state index contributed by atoms with van der Waals surface area (Å²) >= 11 is 0. The molecule has 1 aromatic carbocycles. The molecule has 0 amide bonds. The number of hydrogen-bond donors (Lipinski definition) is 2. The van der Waals surface area contributed by atoms with Crippen LogP contribution < -0.4 is 10.9 Å². The van der Waals surface area contributed by atoms with Crippen LogP contribution in [0.15, 0.2) is 29.2 Å². The molecule has 0 radical (unpaired) electrons. The van der Waals surface area contributed by atoms with Gasteiger partial charge in [0, 0.05) is 0 Å². The number of nitriles is 1. The van der Waals surface area contributed by atoms with Gasteiger partial charge < -0.3 is 5.73 Å². The Morgan fingerprint density at radius 3 is 2.14 bits per heavy atom. The Kier molecular flexibility index (Phi) is 2.86. The number of hydrogen-bond acceptors (Lipinski definition) is 4. The lowest BCUT2D eigenvalue weighted by Crippen LogP contribution is -2.13. The van der Waals surface area contributed by atoms with E-state index in [1.165, 1.54) is 24.3 Å². The molecule has 6 heteroatoms. The number of rotatable bonds is 2. The third-order valence-electron chi connectivity index (χ3n) is 1.71. The second-order valence-corrected chi connectivity index (χ2v) is 4.28. The smallest absolute Gasteiger partial charge is 0.238 e. The van der Waals surface area contributed by atoms with Crippen LogP contribution in [-0.4, -0.2) is 8.42 Å². The van der Waals surface area contributed by atoms with Gasteiger partial charge in [-0.15, -0.1) is 0 Å². The first kappa shape index (κ1) is 10.7. The van der Waals surface area contributed by atoms with E-state index in [0.717, 1.165) is 0 Å². The fourth-order valence-corrected chi connectivity index (χ4v) is 1.45. The van der Waals surface area contributed by atoms with Crippen LogP contribution in [0.25, 0.3) is 0 Å². The van der Waals surface area contributed by atoms with Crippen LogP contribution >= 0.6 is 0 Å². The summed E-state index contributed by atoms with van der Waals surface area (Å²) in [6.45, 7) is 0. The first-order chi connectivity index (χ1) is 6.45. The van der Waals surface area contributed by atoms with Gasteiger partial charge >= 0.3 is 0 Å². The molecule has 0 spiro atoms. The summed E-state index contributed by atoms with van der Waals surface area (Å²) < 4.78 is 21.7. The predicted molar refractivity (Wildman–Crippen MR) is 50.4 cm³/mol. The molecule has 0 aliphatic carbocycles. The van der Waals surface area contributed by atoms with Crippen LogP contribution in [0.1, 0.15) is 11.6 Å². The predicted octanol–water partition coefficient (Wildman–Crippen LogP) is -0.143. The maximum atomic E-state index is 10.9. The molecule has 0 aliphatic heterocycles. The minimum Gasteiger partial charge on any atom is -0.312 e. The van der Waals surface area contributed by atoms with E-state index in [-0.39, 0.29) is 4.90 Å². The lowest BCUT2D eigenvalue weighted by molar-refractivity contribution is 0.597. The Bertz CT molecular complexity index is 458. The number of nitrogens with zero attached hydrogens (tertiary/aromatic N) is 1. The van der Waals surface area contributed by atoms with Crippen molar-refractivity contribution in [3.63, 3.8) is 0 Å². The molecule has 0 aliphatic rings. The van der Waals surface area contributed by atoms with E-state index in [2.05, 4.69) is 0 Å². The van der Waals surface area contributed by atoms with Crippen LogP contribution in [0.3, 0.4) is 0 Å². The van der Waals surface area contributed by atoms with Crippen molar-refractivity contribution in [1.29, 1.82) is 5.26 Å². The van der Waals surface area contributed by atoms with Gasteiger partial charge in [-0.3, -0.25) is 0 Å². The van der Waals surface area contributed by atoms with Crippen LogP contribution in [0.2, 0.25) is 0 Å². The highest BCUT2D eigenvalue weighted by atomic mass is 32.2. The molecule has 0 heterocycles. The highest BCUT2D eigenvalue weighted by Gasteiger charge is 2.09. The molecule has 0 saturated heterocycles. The van der Waals surface area contributed by atoms with Gasteiger partial charge in [-0.05, 0) is 17.7 Å². The van der Waals surface area contributed by atoms with Crippen molar-refractivity contribution in [3.05, 3.63) is 29.8 Å². The zero-order valence-corrected chi connectivity index (χ0v) is 8.03. The average Bonchev–Trinajstić information content (AvgIpc) is 2.15. The van der Waals surface area contributed by atoms with Crippen molar-refractivity contribution in [3.8, 4) is 6.07 Å². The highest BCUT2D eigenvalue weighted by Crippen LogP contribution is 2.13. The molecular weight excluding hydrogens is 202 g/mol. The van der Waals surface area contributed by atoms with Crippen molar-refractivity contribution >= 4 is 10.0 Å². The van der Waals surface area contributed by atoms with E-state index in [9.17, 15) is 8.42 Å². The third kappa shape index (κ3) is 2.29. The van der Waals surface area contributed by atoms with Crippen molar-refractivity contribution in [2.75, 3.05) is 0 Å². The average molecular weight is 211 g/mol. The standard InChI is InChI=1S/C8H9N3O2S/c9-5-8(10)6-1-3-7(4-2-6)14(11,12)13/h1-4,8H,10H2,(H2,11,12,13). The lowest BCUT2D eigenvalue weighted by atomic mass is 10.1. The third-order valence-corrected chi connectivity index (χ3v) is 2.64. The Labute approximate surface area is 82.0 Å². The first-order valence-corrected chi connectivity index (χ1v) is 5.28. The lowest BCUT2D eigenvalue weighted by Gasteiger charge is -2.03. The molecule has 74 valence electrons. The molecule has 0 aromatic heterocycles. The van der Waals surface area contributed by atoms with Gasteiger partial charge in [0.15, 0.2) is 0 Å². The second-order valence-electron chi connectivity index (χ2n) is 2.72. The quantitative estimate of drug-likeness (QED) is 0.709. The van der Waals surface area contributed by atoms with Crippen molar-refractivity contribution in [1.82, 2.24) is 0 Å². The van der Waals surface area contributed by atoms with E-state index in [1.807, 2.05) is 6.07 Å². The molecule has 1 rings (SSSR count). The van der Waals surface area contributed by atoms with Crippen LogP contribution in [0, 0.1) is 11.3 Å². The molecule has 0 saturated carbocycles. The van der Waals surface area contributed by atoms with Gasteiger partial charge in [-0.2, -0.15) is 5.26 Å². The minimum atomic E-state index is -3.68. The number of nitrogens with two attached hydrogens (primary N) is 2. The molecule has 0 fully saturated rings. The van der Waals surface area contributed by atoms with E-state index in [1.54, 1.807) is 0 Å². The zero-order chi connectivity index (χ0) is 10.8. The molecule has 14 heavy (non-hydrogen) atoms. The van der Waals surface area contributed by atoms with Gasteiger partial charge in [0.1, 0.15) is 6.04 Å². The summed E-state index contributed by atoms with van der Waals surface area (Å²) in [6.07, 6.45) is 0. The van der Waals surface area contributed by atoms with Gasteiger partial charge in [0.25, 0.3) is 0 Å². The van der Waals surface area contributed by atoms with E-state index < -0.39 is 16.1 Å². The first-order valence-electron chi connectivity index (χ1n) is 3.73. The van der Waals surface area contributed by atoms with Gasteiger partial charge in [-0.1, -0.05) is 12.1 Å². The summed E-state index contributed by atoms with van der Waals surface area (Å²) in [5.74, 6) is 0. The fourth-order valence-electron chi connectivity index (χ4n) is 0.939. The SMILES string of the molecule is N#CC(N)c1ccc(S(N)(=O)=O)cc1. The summed E-state index contributed by atoms with van der Waals surface area (Å²) in [5, 5.41) is 13.4. The number of sulfonamides is 1. The Hall–Kier alpha value is -1.42. The normalized spacial score (nSPS) is 13.2. The van der Waals surface area contributed by atoms with E-state index >= 15 is 0 Å². The molecule has 1 unspecified atom stereocenters. The van der Waals surface area contributed by atoms with Gasteiger partial charge in [0.2, 0.25) is 10.0 Å². The van der Waals surface area contributed by atoms with Crippen molar-refractivity contribution in [2.24, 2.45) is 10.9 Å². The van der Waals surface area contributed by atoms with Crippen LogP contribution in [0.4, 0.5) is 0 Å². The largest absolute Gasteiger partial charge is 0.312 e. The molecule has 0 bridgehead atoms. The molecule has 5 nitrogen and oxygen atoms in total. The zero-order valence-electron chi connectivity index (χ0n) is 7.21. The second kappa shape index (κ2) is 3.75. The van der Waals surface area contributed by atoms with E-state index in [4.69, 9.17) is 16.1 Å². The number of benzene rings is 1. The van der Waals surface area contributed by atoms with Gasteiger partial charge in [0.05, 0.1) is 11.0 Å². The van der Waals surface area contributed by atoms with Gasteiger partial charge in [-0.25, -0.2) is 13.6 Å². The topological polar surface area (TPSA) is 110 Å². The fraction of sp³-hybridized carbons (Fsp3) is 0.125. The maximum absolute atomic E-state index is 10.9. The summed E-state index contributed by atoms with van der Waals surface area (Å²) in [4.78, 5) is 0.00592. The maximum Gasteiger partial charge on any atom is 0.238 e. The summed E-state index contributed by atoms with van der Waals surface area (Å²) in [5.41, 5.74) is 5.97. The monoisotopic (exact) mass is 211 g/mol. The Morgan fingerprint density at radius 2 is 1.79 bits per heavy atom. The van der Waals surface area contributed by atoms with Crippen LogP contribution in [-0.2, 0) is 10.0 Å². The Balaban J connectivity index is 3.09. The molecule has 4 N–H and O–H groups in total. The van der Waals surface area contributed by atoms with E-state index in [0.29, 0.717) is 5.56 Å². The molecule has 1 aromatic rings. The minimum absolute atomic E-state index is 0.00592. The summed E-state index contributed by atoms with van der Waals surface area (Å²) in [7, 11) is -3.68. The highest BCUT2D eigenvalue weighted by molar-refractivity contribution is 7.89. The Morgan fingerprint density at radius 1 is 1.29 bits per heavy atom. The summed E-state index contributed by atoms with van der Waals surface area (Å²) in [6, 6.07) is 6.67. The molecular formula is C8H9N3O2S.